The summed E-state index contributed by atoms with van der Waals surface area (Å²) in [5.74, 6) is 5.19. The number of hydrogen-bond donors (Lipinski definition) is 2. The van der Waals surface area contributed by atoms with Gasteiger partial charge in [0.15, 0.2) is 0 Å². The van der Waals surface area contributed by atoms with E-state index >= 15 is 0 Å². The predicted octanol–water partition coefficient (Wildman–Crippen LogP) is -0.0531. The van der Waals surface area contributed by atoms with Crippen LogP contribution in [0.4, 0.5) is 0 Å². The van der Waals surface area contributed by atoms with E-state index in [9.17, 15) is 13.2 Å². The van der Waals surface area contributed by atoms with E-state index in [0.717, 1.165) is 6.26 Å². The van der Waals surface area contributed by atoms with Crippen molar-refractivity contribution in [1.82, 2.24) is 10.0 Å². The fraction of sp³-hybridized carbons (Fsp3) is 0.250. The molecule has 1 aromatic carbocycles. The van der Waals surface area contributed by atoms with Crippen LogP contribution in [0.1, 0.15) is 15.9 Å². The molecule has 0 aliphatic heterocycles. The number of sulfonamides is 1. The minimum atomic E-state index is -3.24. The van der Waals surface area contributed by atoms with Gasteiger partial charge in [-0.2, -0.15) is 0 Å². The van der Waals surface area contributed by atoms with E-state index in [2.05, 4.69) is 21.9 Å². The first-order valence-electron chi connectivity index (χ1n) is 5.18. The van der Waals surface area contributed by atoms with Crippen LogP contribution in [0.2, 0.25) is 0 Å². The van der Waals surface area contributed by atoms with Crippen LogP contribution < -0.4 is 10.0 Å². The zero-order valence-electron chi connectivity index (χ0n) is 10.1. The predicted molar refractivity (Wildman–Crippen MR) is 69.6 cm³/mol. The molecule has 0 aromatic heterocycles. The maximum Gasteiger partial charge on any atom is 0.252 e. The first kappa shape index (κ1) is 14.2. The largest absolute Gasteiger partial charge is 0.355 e. The minimum Gasteiger partial charge on any atom is -0.355 e. The molecule has 0 atom stereocenters. The fourth-order valence-electron chi connectivity index (χ4n) is 1.23. The van der Waals surface area contributed by atoms with Gasteiger partial charge in [-0.05, 0) is 12.1 Å². The molecular formula is C12H14N2O3S. The Bertz CT molecular complexity index is 597. The second kappa shape index (κ2) is 6.19. The van der Waals surface area contributed by atoms with Gasteiger partial charge in [0.05, 0.1) is 18.4 Å². The molecule has 0 heterocycles. The third-order valence-corrected chi connectivity index (χ3v) is 2.71. The van der Waals surface area contributed by atoms with E-state index in [1.807, 2.05) is 0 Å². The summed E-state index contributed by atoms with van der Waals surface area (Å²) < 4.78 is 23.9. The molecule has 0 aliphatic carbocycles. The summed E-state index contributed by atoms with van der Waals surface area (Å²) in [6.07, 6.45) is 1.06. The first-order chi connectivity index (χ1) is 8.44. The molecule has 2 N–H and O–H groups in total. The molecule has 1 aromatic rings. The summed E-state index contributed by atoms with van der Waals surface area (Å²) in [6, 6.07) is 6.87. The van der Waals surface area contributed by atoms with E-state index in [1.54, 1.807) is 24.3 Å². The molecule has 6 heteroatoms. The van der Waals surface area contributed by atoms with Crippen LogP contribution in [0.5, 0.6) is 0 Å². The van der Waals surface area contributed by atoms with Gasteiger partial charge in [0, 0.05) is 12.6 Å². The van der Waals surface area contributed by atoms with Crippen molar-refractivity contribution in [2.24, 2.45) is 0 Å². The summed E-state index contributed by atoms with van der Waals surface area (Å²) in [5, 5.41) is 2.52. The lowest BCUT2D eigenvalue weighted by molar-refractivity contribution is 0.0963. The van der Waals surface area contributed by atoms with Gasteiger partial charge in [-0.25, -0.2) is 13.1 Å². The summed E-state index contributed by atoms with van der Waals surface area (Å²) >= 11 is 0. The van der Waals surface area contributed by atoms with E-state index < -0.39 is 10.0 Å². The molecule has 1 rings (SSSR count). The van der Waals surface area contributed by atoms with Gasteiger partial charge in [0.2, 0.25) is 10.0 Å². The number of nitrogens with one attached hydrogen (secondary N) is 2. The van der Waals surface area contributed by atoms with Crippen LogP contribution in [0.3, 0.4) is 0 Å². The maximum absolute atomic E-state index is 11.5. The average Bonchev–Trinajstić information content (AvgIpc) is 2.33. The van der Waals surface area contributed by atoms with Crippen LogP contribution in [0, 0.1) is 11.8 Å². The Hall–Kier alpha value is -1.84. The highest BCUT2D eigenvalue weighted by atomic mass is 32.2. The number of rotatable bonds is 3. The highest BCUT2D eigenvalue weighted by Gasteiger charge is 2.06. The summed E-state index contributed by atoms with van der Waals surface area (Å²) in [4.78, 5) is 11.5. The van der Waals surface area contributed by atoms with Crippen LogP contribution in [-0.2, 0) is 10.0 Å². The Morgan fingerprint density at radius 2 is 2.00 bits per heavy atom. The molecule has 0 saturated carbocycles. The molecule has 96 valence electrons. The molecule has 0 saturated heterocycles. The molecule has 0 fully saturated rings. The lowest BCUT2D eigenvalue weighted by Crippen LogP contribution is -2.22. The van der Waals surface area contributed by atoms with Crippen molar-refractivity contribution in [1.29, 1.82) is 0 Å². The zero-order valence-corrected chi connectivity index (χ0v) is 11.0. The molecule has 0 radical (unpaired) electrons. The van der Waals surface area contributed by atoms with Crippen LogP contribution in [0.15, 0.2) is 24.3 Å². The van der Waals surface area contributed by atoms with Gasteiger partial charge in [-0.15, -0.1) is 0 Å². The summed E-state index contributed by atoms with van der Waals surface area (Å²) in [7, 11) is -1.70. The van der Waals surface area contributed by atoms with E-state index in [-0.39, 0.29) is 12.5 Å². The quantitative estimate of drug-likeness (QED) is 0.753. The van der Waals surface area contributed by atoms with Gasteiger partial charge < -0.3 is 5.32 Å². The van der Waals surface area contributed by atoms with Crippen LogP contribution >= 0.6 is 0 Å². The Morgan fingerprint density at radius 1 is 1.33 bits per heavy atom. The summed E-state index contributed by atoms with van der Waals surface area (Å²) in [6.45, 7) is 0.0148. The number of benzene rings is 1. The first-order valence-corrected chi connectivity index (χ1v) is 7.08. The Balaban J connectivity index is 2.85. The van der Waals surface area contributed by atoms with Crippen molar-refractivity contribution in [3.8, 4) is 11.8 Å². The molecule has 1 amide bonds. The second-order valence-corrected chi connectivity index (χ2v) is 5.35. The molecule has 0 spiro atoms. The molecule has 0 aliphatic rings. The number of amides is 1. The van der Waals surface area contributed by atoms with Gasteiger partial charge in [0.25, 0.3) is 5.91 Å². The number of carbonyl (C=O) groups excluding carboxylic acids is 1. The van der Waals surface area contributed by atoms with E-state index in [1.165, 1.54) is 7.05 Å². The van der Waals surface area contributed by atoms with Crippen molar-refractivity contribution in [2.75, 3.05) is 19.8 Å². The molecule has 0 unspecified atom stereocenters. The van der Waals surface area contributed by atoms with Crippen molar-refractivity contribution < 1.29 is 13.2 Å². The maximum atomic E-state index is 11.5. The number of carbonyl (C=O) groups is 1. The Kier molecular flexibility index (Phi) is 4.89. The standard InChI is InChI=1S/C12H14N2O3S/c1-13-12(15)11-8-4-3-6-10(11)7-5-9-14-18(2,16)17/h3-4,6,8,14H,9H2,1-2H3,(H,13,15). The molecule has 0 bridgehead atoms. The van der Waals surface area contributed by atoms with Crippen LogP contribution in [0.25, 0.3) is 0 Å². The van der Waals surface area contributed by atoms with E-state index in [4.69, 9.17) is 0 Å². The Labute approximate surface area is 107 Å². The molecule has 5 nitrogen and oxygen atoms in total. The second-order valence-electron chi connectivity index (χ2n) is 3.52. The van der Waals surface area contributed by atoms with Crippen molar-refractivity contribution in [3.63, 3.8) is 0 Å². The topological polar surface area (TPSA) is 75.3 Å². The summed E-state index contributed by atoms with van der Waals surface area (Å²) in [5.41, 5.74) is 1.03. The lowest BCUT2D eigenvalue weighted by Gasteiger charge is -2.01. The van der Waals surface area contributed by atoms with Crippen molar-refractivity contribution >= 4 is 15.9 Å². The lowest BCUT2D eigenvalue weighted by atomic mass is 10.1. The smallest absolute Gasteiger partial charge is 0.252 e. The van der Waals surface area contributed by atoms with Gasteiger partial charge in [0.1, 0.15) is 0 Å². The fourth-order valence-corrected chi connectivity index (χ4v) is 1.57. The third kappa shape index (κ3) is 4.57. The monoisotopic (exact) mass is 266 g/mol. The van der Waals surface area contributed by atoms with Crippen molar-refractivity contribution in [2.45, 2.75) is 0 Å². The van der Waals surface area contributed by atoms with E-state index in [0.29, 0.717) is 11.1 Å². The van der Waals surface area contributed by atoms with Crippen molar-refractivity contribution in [3.05, 3.63) is 35.4 Å². The zero-order chi connectivity index (χ0) is 13.6. The van der Waals surface area contributed by atoms with Gasteiger partial charge >= 0.3 is 0 Å². The highest BCUT2D eigenvalue weighted by molar-refractivity contribution is 7.88. The molecular weight excluding hydrogens is 252 g/mol. The number of hydrogen-bond acceptors (Lipinski definition) is 3. The highest BCUT2D eigenvalue weighted by Crippen LogP contribution is 2.06. The van der Waals surface area contributed by atoms with Crippen LogP contribution in [-0.4, -0.2) is 34.2 Å². The SMILES string of the molecule is CNC(=O)c1ccccc1C#CCNS(C)(=O)=O. The minimum absolute atomic E-state index is 0.0148. The normalized spacial score (nSPS) is 10.3. The third-order valence-electron chi connectivity index (χ3n) is 2.04. The average molecular weight is 266 g/mol. The Morgan fingerprint density at radius 3 is 2.61 bits per heavy atom. The van der Waals surface area contributed by atoms with Gasteiger partial charge in [-0.3, -0.25) is 4.79 Å². The van der Waals surface area contributed by atoms with Gasteiger partial charge in [-0.1, -0.05) is 24.0 Å². The molecule has 18 heavy (non-hydrogen) atoms.